The molecule has 5 N–H and O–H groups in total. The Balaban J connectivity index is 4.50. The molecule has 0 bridgehead atoms. The van der Waals surface area contributed by atoms with E-state index in [1.807, 2.05) is 20.8 Å². The van der Waals surface area contributed by atoms with Gasteiger partial charge in [-0.05, 0) is 39.3 Å². The SMILES string of the molecule is CC(=C/C=C(\O)B(O)O)C(N)OC(C)(C)C. The molecule has 0 aliphatic rings. The quantitative estimate of drug-likeness (QED) is 0.243. The fourth-order valence-electron chi connectivity index (χ4n) is 0.872. The zero-order chi connectivity index (χ0) is 12.9. The van der Waals surface area contributed by atoms with Crippen molar-refractivity contribution in [3.63, 3.8) is 0 Å². The van der Waals surface area contributed by atoms with Crippen LogP contribution in [0, 0.1) is 0 Å². The molecule has 0 aliphatic carbocycles. The van der Waals surface area contributed by atoms with Gasteiger partial charge in [-0.15, -0.1) is 0 Å². The van der Waals surface area contributed by atoms with Gasteiger partial charge in [0, 0.05) is 0 Å². The Kier molecular flexibility index (Phi) is 5.74. The summed E-state index contributed by atoms with van der Waals surface area (Å²) in [5, 5.41) is 26.2. The lowest BCUT2D eigenvalue weighted by atomic mass is 9.88. The van der Waals surface area contributed by atoms with Crippen LogP contribution in [0.3, 0.4) is 0 Å². The maximum Gasteiger partial charge on any atom is 0.525 e. The number of nitrogens with two attached hydrogens (primary N) is 1. The van der Waals surface area contributed by atoms with Gasteiger partial charge in [-0.3, -0.25) is 0 Å². The summed E-state index contributed by atoms with van der Waals surface area (Å²) in [4.78, 5) is 0. The minimum absolute atomic E-state index is 0.364. The normalized spacial score (nSPS) is 16.2. The Morgan fingerprint density at radius 1 is 1.31 bits per heavy atom. The van der Waals surface area contributed by atoms with E-state index in [9.17, 15) is 0 Å². The summed E-state index contributed by atoms with van der Waals surface area (Å²) < 4.78 is 5.47. The van der Waals surface area contributed by atoms with Gasteiger partial charge in [0.05, 0.1) is 5.60 Å². The van der Waals surface area contributed by atoms with Crippen molar-refractivity contribution in [1.82, 2.24) is 0 Å². The smallest absolute Gasteiger partial charge is 0.516 e. The highest BCUT2D eigenvalue weighted by atomic mass is 16.5. The molecule has 0 radical (unpaired) electrons. The average molecular weight is 229 g/mol. The molecular weight excluding hydrogens is 209 g/mol. The second-order valence-corrected chi connectivity index (χ2v) is 4.53. The molecule has 0 aromatic carbocycles. The summed E-state index contributed by atoms with van der Waals surface area (Å²) in [6.07, 6.45) is 2.05. The van der Waals surface area contributed by atoms with Crippen LogP contribution in [0.4, 0.5) is 0 Å². The number of allylic oxidation sites excluding steroid dienone is 2. The third-order valence-corrected chi connectivity index (χ3v) is 1.71. The van der Waals surface area contributed by atoms with Crippen LogP contribution in [0.1, 0.15) is 27.7 Å². The molecule has 0 aromatic heterocycles. The Morgan fingerprint density at radius 2 is 1.81 bits per heavy atom. The summed E-state index contributed by atoms with van der Waals surface area (Å²) in [5.41, 5.74) is 5.50. The highest BCUT2D eigenvalue weighted by Crippen LogP contribution is 2.13. The molecule has 16 heavy (non-hydrogen) atoms. The molecule has 1 unspecified atom stereocenters. The van der Waals surface area contributed by atoms with Gasteiger partial charge < -0.3 is 25.6 Å². The molecule has 0 aliphatic heterocycles. The molecule has 1 atom stereocenters. The minimum Gasteiger partial charge on any atom is -0.516 e. The zero-order valence-corrected chi connectivity index (χ0v) is 10.1. The van der Waals surface area contributed by atoms with E-state index in [-0.39, 0.29) is 5.60 Å². The Bertz CT molecular complexity index is 281. The van der Waals surface area contributed by atoms with Crippen molar-refractivity contribution in [2.45, 2.75) is 39.5 Å². The average Bonchev–Trinajstić information content (AvgIpc) is 2.10. The Hall–Kier alpha value is -0.815. The molecule has 6 heteroatoms. The van der Waals surface area contributed by atoms with Crippen LogP contribution >= 0.6 is 0 Å². The fourth-order valence-corrected chi connectivity index (χ4v) is 0.872. The van der Waals surface area contributed by atoms with E-state index in [2.05, 4.69) is 0 Å². The van der Waals surface area contributed by atoms with Gasteiger partial charge >= 0.3 is 7.12 Å². The zero-order valence-electron chi connectivity index (χ0n) is 10.1. The van der Waals surface area contributed by atoms with E-state index in [0.717, 1.165) is 0 Å². The van der Waals surface area contributed by atoms with Crippen LogP contribution in [0.15, 0.2) is 23.4 Å². The van der Waals surface area contributed by atoms with Crippen LogP contribution in [0.25, 0.3) is 0 Å². The van der Waals surface area contributed by atoms with Crippen molar-refractivity contribution >= 4 is 7.12 Å². The predicted octanol–water partition coefficient (Wildman–Crippen LogP) is 0.486. The summed E-state index contributed by atoms with van der Waals surface area (Å²) in [7, 11) is -1.87. The van der Waals surface area contributed by atoms with E-state index in [0.29, 0.717) is 5.57 Å². The first-order valence-corrected chi connectivity index (χ1v) is 5.00. The van der Waals surface area contributed by atoms with Gasteiger partial charge in [0.15, 0.2) is 0 Å². The molecule has 0 spiro atoms. The van der Waals surface area contributed by atoms with Gasteiger partial charge in [0.1, 0.15) is 11.9 Å². The monoisotopic (exact) mass is 229 g/mol. The molecule has 0 saturated heterocycles. The third-order valence-electron chi connectivity index (χ3n) is 1.71. The number of hydrogen-bond donors (Lipinski definition) is 4. The molecule has 0 amide bonds. The molecule has 0 rings (SSSR count). The lowest BCUT2D eigenvalue weighted by Gasteiger charge is -2.25. The number of hydrogen-bond acceptors (Lipinski definition) is 5. The van der Waals surface area contributed by atoms with Gasteiger partial charge in [0.2, 0.25) is 0 Å². The highest BCUT2D eigenvalue weighted by molar-refractivity contribution is 6.49. The molecule has 0 heterocycles. The van der Waals surface area contributed by atoms with E-state index in [1.165, 1.54) is 12.2 Å². The van der Waals surface area contributed by atoms with Crippen molar-refractivity contribution < 1.29 is 19.9 Å². The van der Waals surface area contributed by atoms with Crippen LogP contribution < -0.4 is 5.73 Å². The summed E-state index contributed by atoms with van der Waals surface area (Å²) in [5.74, 6) is 0. The first kappa shape index (κ1) is 15.2. The minimum atomic E-state index is -1.87. The van der Waals surface area contributed by atoms with Gasteiger partial charge in [-0.1, -0.05) is 6.08 Å². The maximum absolute atomic E-state index is 9.02. The van der Waals surface area contributed by atoms with Crippen LogP contribution in [-0.2, 0) is 4.74 Å². The van der Waals surface area contributed by atoms with E-state index in [4.69, 9.17) is 25.6 Å². The molecule has 0 saturated carbocycles. The standard InChI is InChI=1S/C10H20BNO4/c1-7(5-6-8(13)11(14)15)9(12)16-10(2,3)4/h5-6,9,13-15H,12H2,1-4H3/b7-5?,8-6-. The molecule has 5 nitrogen and oxygen atoms in total. The van der Waals surface area contributed by atoms with Gasteiger partial charge in [-0.25, -0.2) is 0 Å². The van der Waals surface area contributed by atoms with Crippen LogP contribution in [0.2, 0.25) is 0 Å². The lowest BCUT2D eigenvalue weighted by Crippen LogP contribution is -2.34. The maximum atomic E-state index is 9.02. The van der Waals surface area contributed by atoms with Crippen molar-refractivity contribution in [2.75, 3.05) is 0 Å². The van der Waals surface area contributed by atoms with E-state index in [1.54, 1.807) is 6.92 Å². The third kappa shape index (κ3) is 6.63. The highest BCUT2D eigenvalue weighted by Gasteiger charge is 2.17. The molecule has 0 aromatic rings. The van der Waals surface area contributed by atoms with Gasteiger partial charge in [-0.2, -0.15) is 0 Å². The Labute approximate surface area is 96.4 Å². The number of aliphatic hydroxyl groups excluding tert-OH is 1. The second-order valence-electron chi connectivity index (χ2n) is 4.53. The number of ether oxygens (including phenoxy) is 1. The molecular formula is C10H20BNO4. The topological polar surface area (TPSA) is 95.9 Å². The molecule has 92 valence electrons. The van der Waals surface area contributed by atoms with Gasteiger partial charge in [0.25, 0.3) is 0 Å². The first-order valence-electron chi connectivity index (χ1n) is 5.00. The van der Waals surface area contributed by atoms with E-state index >= 15 is 0 Å². The van der Waals surface area contributed by atoms with E-state index < -0.39 is 19.0 Å². The first-order chi connectivity index (χ1) is 7.13. The van der Waals surface area contributed by atoms with Crippen molar-refractivity contribution in [3.8, 4) is 0 Å². The number of aliphatic hydroxyl groups is 1. The Morgan fingerprint density at radius 3 is 2.19 bits per heavy atom. The summed E-state index contributed by atoms with van der Waals surface area (Å²) in [6.45, 7) is 7.37. The number of rotatable bonds is 4. The largest absolute Gasteiger partial charge is 0.525 e. The van der Waals surface area contributed by atoms with Crippen molar-refractivity contribution in [3.05, 3.63) is 23.4 Å². The van der Waals surface area contributed by atoms with Crippen molar-refractivity contribution in [1.29, 1.82) is 0 Å². The predicted molar refractivity (Wildman–Crippen MR) is 63.5 cm³/mol. The lowest BCUT2D eigenvalue weighted by molar-refractivity contribution is -0.0400. The van der Waals surface area contributed by atoms with Crippen LogP contribution in [0.5, 0.6) is 0 Å². The van der Waals surface area contributed by atoms with Crippen molar-refractivity contribution in [2.24, 2.45) is 5.73 Å². The second kappa shape index (κ2) is 6.05. The summed E-state index contributed by atoms with van der Waals surface area (Å²) in [6, 6.07) is 0. The molecule has 0 fully saturated rings. The fraction of sp³-hybridized carbons (Fsp3) is 0.600. The van der Waals surface area contributed by atoms with Crippen LogP contribution in [-0.4, -0.2) is 34.1 Å². The summed E-state index contributed by atoms with van der Waals surface area (Å²) >= 11 is 0.